The Labute approximate surface area is 125 Å². The first-order valence-electron chi connectivity index (χ1n) is 0.136. The van der Waals surface area contributed by atoms with Crippen LogP contribution in [-0.4, -0.2) is 109 Å². The van der Waals surface area contributed by atoms with E-state index in [4.69, 9.17) is 3.87 Å². The molecule has 0 spiro atoms. The summed E-state index contributed by atoms with van der Waals surface area (Å²) in [5.41, 5.74) is 0. The van der Waals surface area contributed by atoms with Crippen LogP contribution in [0.3, 0.4) is 0 Å². The van der Waals surface area contributed by atoms with Gasteiger partial charge in [0.1, 0.15) is 0 Å². The second kappa shape index (κ2) is 24.7. The van der Waals surface area contributed by atoms with Crippen molar-refractivity contribution in [2.45, 2.75) is 0 Å². The van der Waals surface area contributed by atoms with Crippen molar-refractivity contribution in [2.75, 3.05) is 0 Å². The van der Waals surface area contributed by atoms with E-state index in [2.05, 4.69) is 15.7 Å². The third-order valence-electron chi connectivity index (χ3n) is 0. The molecule has 0 bridgehead atoms. The van der Waals surface area contributed by atoms with Gasteiger partial charge in [0.05, 0.1) is 0 Å². The summed E-state index contributed by atoms with van der Waals surface area (Å²) in [5, 5.41) is 0. The van der Waals surface area contributed by atoms with Gasteiger partial charge >= 0.3 is 129 Å². The van der Waals surface area contributed by atoms with Crippen molar-refractivity contribution >= 4 is 109 Å². The second-order valence-electron chi connectivity index (χ2n) is 0. The molecule has 1 nitrogen and oxygen atoms in total. The first kappa shape index (κ1) is 23.1. The molecule has 5 heteroatoms. The molecule has 0 saturated heterocycles. The van der Waals surface area contributed by atoms with Crippen LogP contribution in [0.5, 0.6) is 0 Å². The van der Waals surface area contributed by atoms with Gasteiger partial charge in [0, 0.05) is 0 Å². The van der Waals surface area contributed by atoms with Crippen LogP contribution in [0, 0.1) is 0 Å². The molecular formula is H7BiCaCoOSr. The van der Waals surface area contributed by atoms with E-state index in [1.165, 1.54) is 0 Å². The topological polar surface area (TPSA) is 17.1 Å². The fourth-order valence-electron chi connectivity index (χ4n) is 0. The van der Waals surface area contributed by atoms with Crippen molar-refractivity contribution in [3.63, 3.8) is 0 Å². The molecule has 0 fully saturated rings. The molecule has 0 aliphatic heterocycles. The Morgan fingerprint density at radius 2 is 1.20 bits per heavy atom. The van der Waals surface area contributed by atoms with E-state index in [-0.39, 0.29) is 109 Å². The minimum atomic E-state index is 0. The molecule has 0 aromatic heterocycles. The summed E-state index contributed by atoms with van der Waals surface area (Å²) < 4.78 is 7.94. The van der Waals surface area contributed by atoms with Gasteiger partial charge in [-0.15, -0.1) is 0 Å². The SMILES string of the molecule is [BiH3].[CaH2].[O]=[Co].[SrH2]. The van der Waals surface area contributed by atoms with Crippen LogP contribution in [0.4, 0.5) is 0 Å². The van der Waals surface area contributed by atoms with E-state index < -0.39 is 0 Å². The van der Waals surface area contributed by atoms with Crippen LogP contribution in [0.2, 0.25) is 0 Å². The average Bonchev–Trinajstić information content (AvgIpc) is 1.00. The molecule has 0 aromatic carbocycles. The van der Waals surface area contributed by atoms with E-state index in [0.717, 1.165) is 0 Å². The van der Waals surface area contributed by atoms with E-state index in [1.54, 1.807) is 0 Å². The van der Waals surface area contributed by atoms with Crippen molar-refractivity contribution in [3.8, 4) is 0 Å². The Balaban J connectivity index is -0.00000000167. The second-order valence-corrected chi connectivity index (χ2v) is 0. The molecule has 0 aliphatic carbocycles. The van der Waals surface area contributed by atoms with Gasteiger partial charge in [-0.05, 0) is 0 Å². The molecule has 0 aromatic rings. The number of rotatable bonds is 0. The maximum atomic E-state index is 7.94. The zero-order valence-electron chi connectivity index (χ0n) is 1.45. The fourth-order valence-corrected chi connectivity index (χ4v) is 0. The van der Waals surface area contributed by atoms with Crippen LogP contribution in [0.15, 0.2) is 0 Å². The van der Waals surface area contributed by atoms with Gasteiger partial charge in [-0.2, -0.15) is 0 Å². The van der Waals surface area contributed by atoms with Gasteiger partial charge in [0.2, 0.25) is 0 Å². The van der Waals surface area contributed by atoms with Gasteiger partial charge in [-0.1, -0.05) is 0 Å². The van der Waals surface area contributed by atoms with Gasteiger partial charge in [-0.3, -0.25) is 0 Å². The Bertz CT molecular complexity index is 11.6. The van der Waals surface area contributed by atoms with Crippen molar-refractivity contribution in [2.24, 2.45) is 0 Å². The monoisotopic (exact) mass is 419 g/mol. The fraction of sp³-hybridized carbons (Fsp3) is 0. The molecule has 0 atom stereocenters. The van der Waals surface area contributed by atoms with E-state index in [1.807, 2.05) is 0 Å². The predicted molar refractivity (Wildman–Crippen MR) is 27.7 cm³/mol. The summed E-state index contributed by atoms with van der Waals surface area (Å²) in [4.78, 5) is 0. The molecular weight excluding hydrogens is 412 g/mol. The van der Waals surface area contributed by atoms with Gasteiger partial charge in [0.15, 0.2) is 0 Å². The summed E-state index contributed by atoms with van der Waals surface area (Å²) in [6.07, 6.45) is 0. The van der Waals surface area contributed by atoms with Crippen molar-refractivity contribution in [1.29, 1.82) is 0 Å². The first-order valence-corrected chi connectivity index (χ1v) is 0.561. The van der Waals surface area contributed by atoms with Crippen molar-refractivity contribution in [1.82, 2.24) is 0 Å². The van der Waals surface area contributed by atoms with Crippen LogP contribution >= 0.6 is 0 Å². The van der Waals surface area contributed by atoms with E-state index in [0.29, 0.717) is 0 Å². The zero-order valence-corrected chi connectivity index (χ0v) is 7.99. The summed E-state index contributed by atoms with van der Waals surface area (Å²) in [7, 11) is 0. The van der Waals surface area contributed by atoms with E-state index in [9.17, 15) is 0 Å². The quantitative estimate of drug-likeness (QED) is 0.380. The Morgan fingerprint density at radius 3 is 1.20 bits per heavy atom. The molecule has 0 amide bonds. The predicted octanol–water partition coefficient (Wildman–Crippen LogP) is -3.14. The van der Waals surface area contributed by atoms with Gasteiger partial charge in [0.25, 0.3) is 0 Å². The Morgan fingerprint density at radius 1 is 1.20 bits per heavy atom. The molecule has 0 rings (SSSR count). The van der Waals surface area contributed by atoms with Crippen molar-refractivity contribution < 1.29 is 19.5 Å². The van der Waals surface area contributed by atoms with Crippen LogP contribution in [0.25, 0.3) is 0 Å². The molecule has 0 saturated carbocycles. The number of hydrogen-bond donors (Lipinski definition) is 0. The van der Waals surface area contributed by atoms with Crippen LogP contribution in [-0.2, 0) is 19.5 Å². The molecule has 0 unspecified atom stereocenters. The Hall–Kier alpha value is 3.93. The normalized spacial score (nSPS) is 1.00. The van der Waals surface area contributed by atoms with Gasteiger partial charge < -0.3 is 0 Å². The molecule has 5 heavy (non-hydrogen) atoms. The summed E-state index contributed by atoms with van der Waals surface area (Å²) in [6, 6.07) is 0. The molecule has 0 radical (unpaired) electrons. The van der Waals surface area contributed by atoms with Gasteiger partial charge in [-0.25, -0.2) is 0 Å². The summed E-state index contributed by atoms with van der Waals surface area (Å²) in [5.74, 6) is 0. The van der Waals surface area contributed by atoms with E-state index >= 15 is 0 Å². The first-order chi connectivity index (χ1) is 1.00. The van der Waals surface area contributed by atoms with Crippen LogP contribution < -0.4 is 0 Å². The Kier molecular flexibility index (Phi) is 114. The molecule has 0 aliphatic rings. The molecule has 0 N–H and O–H groups in total. The standard InChI is InChI=1S/Bi.Ca.Co.O.Sr.7H. The zero-order chi connectivity index (χ0) is 2.00. The third-order valence-corrected chi connectivity index (χ3v) is 0. The maximum absolute atomic E-state index is 7.94. The summed E-state index contributed by atoms with van der Waals surface area (Å²) in [6.45, 7) is 0. The summed E-state index contributed by atoms with van der Waals surface area (Å²) >= 11 is 2.31. The number of hydrogen-bond acceptors (Lipinski definition) is 1. The van der Waals surface area contributed by atoms with Crippen molar-refractivity contribution in [3.05, 3.63) is 0 Å². The minimum absolute atomic E-state index is 0. The van der Waals surface area contributed by atoms with Crippen LogP contribution in [0.1, 0.15) is 0 Å². The molecule has 31 valence electrons. The third kappa shape index (κ3) is 18.1. The molecule has 0 heterocycles. The average molecular weight is 419 g/mol.